The van der Waals surface area contributed by atoms with Crippen LogP contribution in [0.1, 0.15) is 16.8 Å². The SMILES string of the molecule is COc1ccccc1C(=O)OC1CCOC1=O. The average molecular weight is 236 g/mol. The molecule has 90 valence electrons. The lowest BCUT2D eigenvalue weighted by molar-refractivity contribution is -0.145. The van der Waals surface area contributed by atoms with E-state index in [-0.39, 0.29) is 0 Å². The van der Waals surface area contributed by atoms with Crippen LogP contribution in [0.5, 0.6) is 5.75 Å². The molecule has 1 aliphatic heterocycles. The Bertz CT molecular complexity index is 440. The third-order valence-electron chi connectivity index (χ3n) is 2.46. The van der Waals surface area contributed by atoms with Crippen molar-refractivity contribution in [3.8, 4) is 5.75 Å². The standard InChI is InChI=1S/C12H12O5/c1-15-9-5-3-2-4-8(9)11(13)17-10-6-7-16-12(10)14/h2-5,10H,6-7H2,1H3. The van der Waals surface area contributed by atoms with Gasteiger partial charge < -0.3 is 14.2 Å². The molecule has 1 atom stereocenters. The maximum Gasteiger partial charge on any atom is 0.347 e. The summed E-state index contributed by atoms with van der Waals surface area (Å²) in [6.45, 7) is 0.294. The maximum atomic E-state index is 11.8. The summed E-state index contributed by atoms with van der Waals surface area (Å²) in [6, 6.07) is 6.69. The van der Waals surface area contributed by atoms with Crippen LogP contribution in [0.4, 0.5) is 0 Å². The molecule has 0 N–H and O–H groups in total. The predicted octanol–water partition coefficient (Wildman–Crippen LogP) is 1.17. The fourth-order valence-electron chi connectivity index (χ4n) is 1.59. The van der Waals surface area contributed by atoms with Crippen molar-refractivity contribution >= 4 is 11.9 Å². The molecule has 1 fully saturated rings. The number of carbonyl (C=O) groups excluding carboxylic acids is 2. The molecule has 2 rings (SSSR count). The number of ether oxygens (including phenoxy) is 3. The van der Waals surface area contributed by atoms with E-state index < -0.39 is 18.0 Å². The van der Waals surface area contributed by atoms with Gasteiger partial charge in [-0.15, -0.1) is 0 Å². The summed E-state index contributed by atoms with van der Waals surface area (Å²) in [7, 11) is 1.47. The molecule has 1 aromatic carbocycles. The Kier molecular flexibility index (Phi) is 3.27. The van der Waals surface area contributed by atoms with Crippen molar-refractivity contribution in [2.75, 3.05) is 13.7 Å². The monoisotopic (exact) mass is 236 g/mol. The van der Waals surface area contributed by atoms with Crippen molar-refractivity contribution in [2.45, 2.75) is 12.5 Å². The lowest BCUT2D eigenvalue weighted by atomic mass is 10.2. The van der Waals surface area contributed by atoms with E-state index in [1.54, 1.807) is 24.3 Å². The van der Waals surface area contributed by atoms with Gasteiger partial charge in [0, 0.05) is 6.42 Å². The largest absolute Gasteiger partial charge is 0.496 e. The quantitative estimate of drug-likeness (QED) is 0.737. The molecule has 1 aromatic rings. The first-order chi connectivity index (χ1) is 8.22. The van der Waals surface area contributed by atoms with Gasteiger partial charge in [0.15, 0.2) is 0 Å². The summed E-state index contributed by atoms with van der Waals surface area (Å²) in [6.07, 6.45) is -0.396. The van der Waals surface area contributed by atoms with Crippen LogP contribution in [0.15, 0.2) is 24.3 Å². The van der Waals surface area contributed by atoms with Crippen molar-refractivity contribution in [3.63, 3.8) is 0 Å². The number of hydrogen-bond acceptors (Lipinski definition) is 5. The summed E-state index contributed by atoms with van der Waals surface area (Å²) < 4.78 is 14.8. The summed E-state index contributed by atoms with van der Waals surface area (Å²) in [5.41, 5.74) is 0.301. The molecular formula is C12H12O5. The maximum absolute atomic E-state index is 11.8. The molecule has 5 heteroatoms. The molecule has 0 aliphatic carbocycles. The summed E-state index contributed by atoms with van der Waals surface area (Å²) in [5.74, 6) is -0.650. The van der Waals surface area contributed by atoms with Gasteiger partial charge in [0.1, 0.15) is 11.3 Å². The first kappa shape index (κ1) is 11.4. The number of esters is 2. The van der Waals surface area contributed by atoms with Crippen LogP contribution in [-0.2, 0) is 14.3 Å². The van der Waals surface area contributed by atoms with E-state index in [0.717, 1.165) is 0 Å². The topological polar surface area (TPSA) is 61.8 Å². The molecule has 1 heterocycles. The average Bonchev–Trinajstić information content (AvgIpc) is 2.75. The molecule has 0 saturated carbocycles. The normalized spacial score (nSPS) is 18.6. The van der Waals surface area contributed by atoms with Crippen molar-refractivity contribution in [3.05, 3.63) is 29.8 Å². The second kappa shape index (κ2) is 4.86. The fraction of sp³-hybridized carbons (Fsp3) is 0.333. The van der Waals surface area contributed by atoms with E-state index in [1.807, 2.05) is 0 Å². The predicted molar refractivity (Wildman–Crippen MR) is 57.8 cm³/mol. The Morgan fingerprint density at radius 3 is 2.82 bits per heavy atom. The van der Waals surface area contributed by atoms with E-state index >= 15 is 0 Å². The van der Waals surface area contributed by atoms with E-state index in [0.29, 0.717) is 24.3 Å². The minimum absolute atomic E-state index is 0.294. The number of carbonyl (C=O) groups is 2. The second-order valence-corrected chi connectivity index (χ2v) is 3.55. The Morgan fingerprint density at radius 1 is 1.41 bits per heavy atom. The lowest BCUT2D eigenvalue weighted by Gasteiger charge is -2.10. The molecule has 0 amide bonds. The van der Waals surface area contributed by atoms with Gasteiger partial charge in [-0.05, 0) is 12.1 Å². The van der Waals surface area contributed by atoms with Gasteiger partial charge in [0.25, 0.3) is 0 Å². The van der Waals surface area contributed by atoms with Gasteiger partial charge in [-0.3, -0.25) is 0 Å². The van der Waals surface area contributed by atoms with E-state index in [9.17, 15) is 9.59 Å². The number of para-hydroxylation sites is 1. The van der Waals surface area contributed by atoms with Gasteiger partial charge >= 0.3 is 11.9 Å². The van der Waals surface area contributed by atoms with Crippen molar-refractivity contribution in [1.29, 1.82) is 0 Å². The third kappa shape index (κ3) is 2.38. The van der Waals surface area contributed by atoms with Crippen molar-refractivity contribution in [1.82, 2.24) is 0 Å². The molecule has 0 bridgehead atoms. The first-order valence-corrected chi connectivity index (χ1v) is 5.23. The number of rotatable bonds is 3. The first-order valence-electron chi connectivity index (χ1n) is 5.23. The van der Waals surface area contributed by atoms with Crippen LogP contribution in [0.25, 0.3) is 0 Å². The van der Waals surface area contributed by atoms with Crippen LogP contribution in [0.2, 0.25) is 0 Å². The third-order valence-corrected chi connectivity index (χ3v) is 2.46. The van der Waals surface area contributed by atoms with E-state index in [1.165, 1.54) is 7.11 Å². The molecule has 0 spiro atoms. The minimum Gasteiger partial charge on any atom is -0.496 e. The Morgan fingerprint density at radius 2 is 2.18 bits per heavy atom. The zero-order chi connectivity index (χ0) is 12.3. The highest BCUT2D eigenvalue weighted by Crippen LogP contribution is 2.20. The van der Waals surface area contributed by atoms with Crippen LogP contribution in [-0.4, -0.2) is 31.8 Å². The number of methoxy groups -OCH3 is 1. The molecule has 1 saturated heterocycles. The molecule has 1 unspecified atom stereocenters. The van der Waals surface area contributed by atoms with Crippen LogP contribution in [0, 0.1) is 0 Å². The molecular weight excluding hydrogens is 224 g/mol. The van der Waals surface area contributed by atoms with E-state index in [4.69, 9.17) is 14.2 Å². The Labute approximate surface area is 98.3 Å². The number of hydrogen-bond donors (Lipinski definition) is 0. The molecule has 17 heavy (non-hydrogen) atoms. The highest BCUT2D eigenvalue weighted by atomic mass is 16.6. The molecule has 5 nitrogen and oxygen atoms in total. The molecule has 0 aromatic heterocycles. The van der Waals surface area contributed by atoms with Crippen LogP contribution < -0.4 is 4.74 Å². The van der Waals surface area contributed by atoms with Crippen molar-refractivity contribution < 1.29 is 23.8 Å². The Balaban J connectivity index is 2.11. The minimum atomic E-state index is -0.799. The molecule has 1 aliphatic rings. The van der Waals surface area contributed by atoms with Crippen LogP contribution in [0.3, 0.4) is 0 Å². The fourth-order valence-corrected chi connectivity index (χ4v) is 1.59. The second-order valence-electron chi connectivity index (χ2n) is 3.55. The summed E-state index contributed by atoms with van der Waals surface area (Å²) in [4.78, 5) is 23.0. The zero-order valence-electron chi connectivity index (χ0n) is 9.34. The summed E-state index contributed by atoms with van der Waals surface area (Å²) in [5, 5.41) is 0. The molecule has 0 radical (unpaired) electrons. The van der Waals surface area contributed by atoms with Gasteiger partial charge in [0.2, 0.25) is 6.10 Å². The van der Waals surface area contributed by atoms with Crippen molar-refractivity contribution in [2.24, 2.45) is 0 Å². The van der Waals surface area contributed by atoms with Gasteiger partial charge in [0.05, 0.1) is 13.7 Å². The highest BCUT2D eigenvalue weighted by molar-refractivity contribution is 5.94. The smallest absolute Gasteiger partial charge is 0.347 e. The number of cyclic esters (lactones) is 1. The zero-order valence-corrected chi connectivity index (χ0v) is 9.34. The summed E-state index contributed by atoms with van der Waals surface area (Å²) >= 11 is 0. The van der Waals surface area contributed by atoms with Crippen LogP contribution >= 0.6 is 0 Å². The Hall–Kier alpha value is -2.04. The van der Waals surface area contributed by atoms with Gasteiger partial charge in [-0.1, -0.05) is 12.1 Å². The highest BCUT2D eigenvalue weighted by Gasteiger charge is 2.31. The van der Waals surface area contributed by atoms with Gasteiger partial charge in [-0.25, -0.2) is 9.59 Å². The van der Waals surface area contributed by atoms with Gasteiger partial charge in [-0.2, -0.15) is 0 Å². The lowest BCUT2D eigenvalue weighted by Crippen LogP contribution is -2.22. The number of benzene rings is 1. The van der Waals surface area contributed by atoms with E-state index in [2.05, 4.69) is 0 Å².